The molecule has 0 bridgehead atoms. The second kappa shape index (κ2) is 6.85. The molecule has 1 aromatic heterocycles. The van der Waals surface area contributed by atoms with E-state index in [4.69, 9.17) is 4.74 Å². The van der Waals surface area contributed by atoms with E-state index in [1.807, 2.05) is 13.8 Å². The number of methoxy groups -OCH3 is 1. The number of nitrogens with one attached hydrogen (secondary N) is 1. The molecular formula is C13H22N2O2S. The SMILES string of the molecule is COC(=O)C(CC(C)C)NCc1sc(C)nc1C. The van der Waals surface area contributed by atoms with Crippen molar-refractivity contribution in [3.8, 4) is 0 Å². The Labute approximate surface area is 113 Å². The van der Waals surface area contributed by atoms with Crippen LogP contribution in [0.25, 0.3) is 0 Å². The van der Waals surface area contributed by atoms with Gasteiger partial charge in [0.05, 0.1) is 17.8 Å². The normalized spacial score (nSPS) is 12.8. The number of carbonyl (C=O) groups excluding carboxylic acids is 1. The number of thiazole rings is 1. The average molecular weight is 270 g/mol. The fourth-order valence-electron chi connectivity index (χ4n) is 1.83. The second-order valence-corrected chi connectivity index (χ2v) is 6.12. The Kier molecular flexibility index (Phi) is 5.75. The van der Waals surface area contributed by atoms with Gasteiger partial charge in [0.2, 0.25) is 0 Å². The van der Waals surface area contributed by atoms with Gasteiger partial charge in [-0.15, -0.1) is 11.3 Å². The van der Waals surface area contributed by atoms with Crippen LogP contribution in [0.4, 0.5) is 0 Å². The first-order chi connectivity index (χ1) is 8.43. The fourth-order valence-corrected chi connectivity index (χ4v) is 2.72. The van der Waals surface area contributed by atoms with Crippen molar-refractivity contribution in [1.29, 1.82) is 0 Å². The molecule has 18 heavy (non-hydrogen) atoms. The van der Waals surface area contributed by atoms with E-state index in [1.54, 1.807) is 11.3 Å². The third-order valence-electron chi connectivity index (χ3n) is 2.70. The highest BCUT2D eigenvalue weighted by atomic mass is 32.1. The first-order valence-corrected chi connectivity index (χ1v) is 6.99. The van der Waals surface area contributed by atoms with Crippen LogP contribution in [0.1, 0.15) is 35.8 Å². The lowest BCUT2D eigenvalue weighted by Crippen LogP contribution is -2.38. The van der Waals surface area contributed by atoms with E-state index in [0.717, 1.165) is 17.1 Å². The summed E-state index contributed by atoms with van der Waals surface area (Å²) in [6.45, 7) is 8.85. The Balaban J connectivity index is 2.61. The first kappa shape index (κ1) is 15.1. The summed E-state index contributed by atoms with van der Waals surface area (Å²) in [6.07, 6.45) is 0.781. The molecule has 0 aliphatic rings. The quantitative estimate of drug-likeness (QED) is 0.807. The minimum atomic E-state index is -0.239. The third kappa shape index (κ3) is 4.38. The van der Waals surface area contributed by atoms with Crippen LogP contribution < -0.4 is 5.32 Å². The van der Waals surface area contributed by atoms with Crippen LogP contribution in [0, 0.1) is 19.8 Å². The van der Waals surface area contributed by atoms with Gasteiger partial charge in [0.25, 0.3) is 0 Å². The van der Waals surface area contributed by atoms with E-state index >= 15 is 0 Å². The zero-order chi connectivity index (χ0) is 13.7. The summed E-state index contributed by atoms with van der Waals surface area (Å²) in [5.74, 6) is 0.258. The molecule has 1 unspecified atom stereocenters. The molecule has 0 saturated heterocycles. The van der Waals surface area contributed by atoms with Crippen LogP contribution in [0.15, 0.2) is 0 Å². The highest BCUT2D eigenvalue weighted by Gasteiger charge is 2.20. The number of nitrogens with zero attached hydrogens (tertiary/aromatic N) is 1. The molecule has 1 aromatic rings. The van der Waals surface area contributed by atoms with Crippen molar-refractivity contribution in [3.63, 3.8) is 0 Å². The van der Waals surface area contributed by atoms with Crippen molar-refractivity contribution in [3.05, 3.63) is 15.6 Å². The second-order valence-electron chi connectivity index (χ2n) is 4.83. The lowest BCUT2D eigenvalue weighted by molar-refractivity contribution is -0.143. The van der Waals surface area contributed by atoms with Crippen LogP contribution in [0.2, 0.25) is 0 Å². The Morgan fingerprint density at radius 2 is 2.11 bits per heavy atom. The molecule has 1 atom stereocenters. The highest BCUT2D eigenvalue weighted by Crippen LogP contribution is 2.17. The van der Waals surface area contributed by atoms with Crippen LogP contribution in [0.5, 0.6) is 0 Å². The highest BCUT2D eigenvalue weighted by molar-refractivity contribution is 7.11. The van der Waals surface area contributed by atoms with Crippen molar-refractivity contribution >= 4 is 17.3 Å². The topological polar surface area (TPSA) is 51.2 Å². The number of aromatic nitrogens is 1. The molecule has 0 aliphatic carbocycles. The molecular weight excluding hydrogens is 248 g/mol. The monoisotopic (exact) mass is 270 g/mol. The lowest BCUT2D eigenvalue weighted by Gasteiger charge is -2.17. The number of aryl methyl sites for hydroxylation is 2. The number of esters is 1. The Morgan fingerprint density at radius 3 is 2.56 bits per heavy atom. The van der Waals surface area contributed by atoms with E-state index < -0.39 is 0 Å². The Morgan fingerprint density at radius 1 is 1.44 bits per heavy atom. The van der Waals surface area contributed by atoms with Crippen molar-refractivity contribution in [1.82, 2.24) is 10.3 Å². The molecule has 0 aliphatic heterocycles. The maximum absolute atomic E-state index is 11.7. The molecule has 0 fully saturated rings. The van der Waals surface area contributed by atoms with Crippen LogP contribution in [-0.4, -0.2) is 24.1 Å². The number of hydrogen-bond acceptors (Lipinski definition) is 5. The number of carbonyl (C=O) groups is 1. The van der Waals surface area contributed by atoms with Gasteiger partial charge in [-0.2, -0.15) is 0 Å². The Hall–Kier alpha value is -0.940. The van der Waals surface area contributed by atoms with Crippen LogP contribution in [-0.2, 0) is 16.1 Å². The molecule has 0 saturated carbocycles. The summed E-state index contributed by atoms with van der Waals surface area (Å²) >= 11 is 1.67. The predicted molar refractivity (Wildman–Crippen MR) is 73.7 cm³/mol. The maximum atomic E-state index is 11.7. The fraction of sp³-hybridized carbons (Fsp3) is 0.692. The summed E-state index contributed by atoms with van der Waals surface area (Å²) in [5.41, 5.74) is 1.04. The van der Waals surface area contributed by atoms with E-state index in [1.165, 1.54) is 12.0 Å². The minimum Gasteiger partial charge on any atom is -0.468 e. The molecule has 0 amide bonds. The van der Waals surface area contributed by atoms with E-state index in [2.05, 4.69) is 24.1 Å². The van der Waals surface area contributed by atoms with Crippen LogP contribution in [0.3, 0.4) is 0 Å². The summed E-state index contributed by atoms with van der Waals surface area (Å²) in [7, 11) is 1.43. The maximum Gasteiger partial charge on any atom is 0.322 e. The van der Waals surface area contributed by atoms with Gasteiger partial charge in [0, 0.05) is 11.4 Å². The van der Waals surface area contributed by atoms with E-state index in [-0.39, 0.29) is 12.0 Å². The predicted octanol–water partition coefficient (Wildman–Crippen LogP) is 2.44. The van der Waals surface area contributed by atoms with Gasteiger partial charge in [-0.3, -0.25) is 10.1 Å². The third-order valence-corrected chi connectivity index (χ3v) is 3.77. The van der Waals surface area contributed by atoms with Crippen LogP contribution >= 0.6 is 11.3 Å². The molecule has 5 heteroatoms. The lowest BCUT2D eigenvalue weighted by atomic mass is 10.0. The molecule has 1 N–H and O–H groups in total. The standard InChI is InChI=1S/C13H22N2O2S/c1-8(2)6-11(13(16)17-5)14-7-12-9(3)15-10(4)18-12/h8,11,14H,6-7H2,1-5H3. The van der Waals surface area contributed by atoms with Gasteiger partial charge in [0.1, 0.15) is 6.04 Å². The average Bonchev–Trinajstić information content (AvgIpc) is 2.61. The molecule has 0 spiro atoms. The van der Waals surface area contributed by atoms with Crippen molar-refractivity contribution in [2.24, 2.45) is 5.92 Å². The van der Waals surface area contributed by atoms with Gasteiger partial charge < -0.3 is 4.74 Å². The zero-order valence-electron chi connectivity index (χ0n) is 11.7. The molecule has 1 heterocycles. The summed E-state index contributed by atoms with van der Waals surface area (Å²) < 4.78 is 4.82. The van der Waals surface area contributed by atoms with E-state index in [9.17, 15) is 4.79 Å². The van der Waals surface area contributed by atoms with Crippen molar-refractivity contribution < 1.29 is 9.53 Å². The van der Waals surface area contributed by atoms with E-state index in [0.29, 0.717) is 12.5 Å². The number of ether oxygens (including phenoxy) is 1. The first-order valence-electron chi connectivity index (χ1n) is 6.18. The number of rotatable bonds is 6. The van der Waals surface area contributed by atoms with Gasteiger partial charge in [-0.05, 0) is 26.2 Å². The summed E-state index contributed by atoms with van der Waals surface area (Å²) in [4.78, 5) is 17.2. The van der Waals surface area contributed by atoms with Gasteiger partial charge >= 0.3 is 5.97 Å². The molecule has 102 valence electrons. The summed E-state index contributed by atoms with van der Waals surface area (Å²) in [5, 5.41) is 4.33. The molecule has 4 nitrogen and oxygen atoms in total. The molecule has 0 radical (unpaired) electrons. The van der Waals surface area contributed by atoms with Gasteiger partial charge in [-0.1, -0.05) is 13.8 Å². The number of hydrogen-bond donors (Lipinski definition) is 1. The van der Waals surface area contributed by atoms with Crippen molar-refractivity contribution in [2.75, 3.05) is 7.11 Å². The Bertz CT molecular complexity index is 402. The summed E-state index contributed by atoms with van der Waals surface area (Å²) in [6, 6.07) is -0.239. The molecule has 1 rings (SSSR count). The minimum absolute atomic E-state index is 0.192. The smallest absolute Gasteiger partial charge is 0.322 e. The van der Waals surface area contributed by atoms with Gasteiger partial charge in [-0.25, -0.2) is 4.98 Å². The van der Waals surface area contributed by atoms with Gasteiger partial charge in [0.15, 0.2) is 0 Å². The van der Waals surface area contributed by atoms with Crippen molar-refractivity contribution in [2.45, 2.75) is 46.7 Å². The largest absolute Gasteiger partial charge is 0.468 e. The molecule has 0 aromatic carbocycles. The zero-order valence-corrected chi connectivity index (χ0v) is 12.6.